The summed E-state index contributed by atoms with van der Waals surface area (Å²) in [6.45, 7) is 6.64. The fraction of sp³-hybridized carbons (Fsp3) is 0.222. The van der Waals surface area contributed by atoms with Crippen molar-refractivity contribution >= 4 is 23.5 Å². The van der Waals surface area contributed by atoms with Crippen molar-refractivity contribution in [1.82, 2.24) is 9.97 Å². The number of anilines is 1. The topological polar surface area (TPSA) is 79.5 Å². The zero-order chi connectivity index (χ0) is 24.1. The van der Waals surface area contributed by atoms with Crippen molar-refractivity contribution in [3.63, 3.8) is 0 Å². The van der Waals surface area contributed by atoms with Gasteiger partial charge in [0, 0.05) is 23.1 Å². The molecule has 0 saturated carbocycles. The zero-order valence-electron chi connectivity index (χ0n) is 19.4. The van der Waals surface area contributed by atoms with Crippen molar-refractivity contribution in [3.05, 3.63) is 96.2 Å². The molecule has 0 aliphatic heterocycles. The minimum absolute atomic E-state index is 0.555. The Bertz CT molecular complexity index is 1240. The van der Waals surface area contributed by atoms with Gasteiger partial charge in [-0.25, -0.2) is 9.97 Å². The summed E-state index contributed by atoms with van der Waals surface area (Å²) < 4.78 is 4.71. The fourth-order valence-electron chi connectivity index (χ4n) is 3.43. The summed E-state index contributed by atoms with van der Waals surface area (Å²) in [4.78, 5) is 23.5. The minimum atomic E-state index is -0.889. The second-order valence-electron chi connectivity index (χ2n) is 8.62. The third kappa shape index (κ3) is 5.85. The third-order valence-corrected chi connectivity index (χ3v) is 6.63. The second kappa shape index (κ2) is 10.1. The number of furan rings is 1. The molecule has 6 nitrogen and oxygen atoms in total. The average Bonchev–Trinajstić information content (AvgIpc) is 3.33. The normalized spacial score (nSPS) is 11.4. The molecular formula is C27H27N3O3S. The zero-order valence-corrected chi connectivity index (χ0v) is 20.2. The van der Waals surface area contributed by atoms with Gasteiger partial charge in [-0.15, -0.1) is 11.8 Å². The number of carboxylic acid groups (broad SMARTS) is 1. The maximum Gasteiger partial charge on any atom is 0.319 e. The highest BCUT2D eigenvalue weighted by Gasteiger charge is 2.28. The predicted octanol–water partition coefficient (Wildman–Crippen LogP) is 6.21. The van der Waals surface area contributed by atoms with E-state index in [0.29, 0.717) is 13.1 Å². The van der Waals surface area contributed by atoms with Crippen molar-refractivity contribution < 1.29 is 14.3 Å². The molecule has 4 rings (SSSR count). The van der Waals surface area contributed by atoms with Gasteiger partial charge >= 0.3 is 5.97 Å². The van der Waals surface area contributed by atoms with Gasteiger partial charge in [-0.3, -0.25) is 4.79 Å². The first-order valence-electron chi connectivity index (χ1n) is 11.0. The van der Waals surface area contributed by atoms with Crippen molar-refractivity contribution in [3.8, 4) is 11.3 Å². The largest absolute Gasteiger partial charge is 0.480 e. The van der Waals surface area contributed by atoms with Crippen molar-refractivity contribution in [1.29, 1.82) is 0 Å². The Morgan fingerprint density at radius 1 is 1.03 bits per heavy atom. The molecule has 0 aliphatic rings. The van der Waals surface area contributed by atoms with Crippen LogP contribution in [0.4, 0.5) is 5.82 Å². The molecule has 0 fully saturated rings. The standard InChI is InChI=1S/C27H27N3O3S/c1-19-6-10-21(11-7-19)24-15-25(29-18-28-24)30(17-22-5-4-14-33-22)16-20-8-12-23(13-9-20)34-27(2,3)26(31)32/h4-15,18H,16-17H2,1-3H3,(H,31,32). The first-order valence-corrected chi connectivity index (χ1v) is 11.8. The van der Waals surface area contributed by atoms with Crippen LogP contribution in [0.5, 0.6) is 0 Å². The summed E-state index contributed by atoms with van der Waals surface area (Å²) in [6.07, 6.45) is 3.26. The highest BCUT2D eigenvalue weighted by atomic mass is 32.2. The summed E-state index contributed by atoms with van der Waals surface area (Å²) in [6, 6.07) is 22.1. The van der Waals surface area contributed by atoms with Crippen LogP contribution in [-0.2, 0) is 17.9 Å². The Kier molecular flexibility index (Phi) is 7.03. The van der Waals surface area contributed by atoms with Crippen LogP contribution < -0.4 is 4.90 Å². The highest BCUT2D eigenvalue weighted by Crippen LogP contribution is 2.33. The minimum Gasteiger partial charge on any atom is -0.480 e. The van der Waals surface area contributed by atoms with Gasteiger partial charge in [0.1, 0.15) is 22.7 Å². The number of thioether (sulfide) groups is 1. The molecule has 0 aliphatic carbocycles. The number of benzene rings is 2. The Morgan fingerprint density at radius 3 is 2.41 bits per heavy atom. The first kappa shape index (κ1) is 23.6. The van der Waals surface area contributed by atoms with Crippen LogP contribution in [0.3, 0.4) is 0 Å². The van der Waals surface area contributed by atoms with E-state index in [-0.39, 0.29) is 0 Å². The maximum absolute atomic E-state index is 11.4. The lowest BCUT2D eigenvalue weighted by molar-refractivity contribution is -0.138. The molecule has 0 radical (unpaired) electrons. The van der Waals surface area contributed by atoms with Crippen LogP contribution in [0.15, 0.2) is 88.6 Å². The lowest BCUT2D eigenvalue weighted by Gasteiger charge is -2.23. The Hall–Kier alpha value is -3.58. The van der Waals surface area contributed by atoms with E-state index in [1.807, 2.05) is 42.5 Å². The van der Waals surface area contributed by atoms with E-state index < -0.39 is 10.7 Å². The van der Waals surface area contributed by atoms with Crippen LogP contribution in [0.25, 0.3) is 11.3 Å². The first-order chi connectivity index (χ1) is 16.3. The molecule has 0 spiro atoms. The number of carboxylic acids is 1. The number of rotatable bonds is 9. The Morgan fingerprint density at radius 2 is 1.76 bits per heavy atom. The Labute approximate surface area is 203 Å². The van der Waals surface area contributed by atoms with Crippen LogP contribution in [-0.4, -0.2) is 25.8 Å². The van der Waals surface area contributed by atoms with Crippen molar-refractivity contribution in [2.24, 2.45) is 0 Å². The van der Waals surface area contributed by atoms with Gasteiger partial charge < -0.3 is 14.4 Å². The molecular weight excluding hydrogens is 446 g/mol. The van der Waals surface area contributed by atoms with Crippen LogP contribution in [0, 0.1) is 6.92 Å². The molecule has 0 saturated heterocycles. The molecule has 1 N–H and O–H groups in total. The third-order valence-electron chi connectivity index (χ3n) is 5.44. The van der Waals surface area contributed by atoms with E-state index in [2.05, 4.69) is 46.1 Å². The number of nitrogens with zero attached hydrogens (tertiary/aromatic N) is 3. The monoisotopic (exact) mass is 473 g/mol. The van der Waals surface area contributed by atoms with Gasteiger partial charge in [0.25, 0.3) is 0 Å². The number of carbonyl (C=O) groups is 1. The predicted molar refractivity (Wildman–Crippen MR) is 135 cm³/mol. The summed E-state index contributed by atoms with van der Waals surface area (Å²) in [7, 11) is 0. The van der Waals surface area contributed by atoms with Crippen molar-refractivity contribution in [2.75, 3.05) is 4.90 Å². The Balaban J connectivity index is 1.58. The molecule has 0 unspecified atom stereocenters. The summed E-state index contributed by atoms with van der Waals surface area (Å²) in [5.41, 5.74) is 4.18. The molecule has 4 aromatic rings. The van der Waals surface area contributed by atoms with Gasteiger partial charge in [0.05, 0.1) is 18.5 Å². The van der Waals surface area contributed by atoms with Gasteiger partial charge in [0.2, 0.25) is 0 Å². The quantitative estimate of drug-likeness (QED) is 0.290. The number of aliphatic carboxylic acids is 1. The lowest BCUT2D eigenvalue weighted by Crippen LogP contribution is -2.26. The molecule has 7 heteroatoms. The van der Waals surface area contributed by atoms with Crippen LogP contribution >= 0.6 is 11.8 Å². The number of hydrogen-bond acceptors (Lipinski definition) is 6. The molecule has 0 bridgehead atoms. The fourth-order valence-corrected chi connectivity index (χ4v) is 4.38. The second-order valence-corrected chi connectivity index (χ2v) is 10.3. The SMILES string of the molecule is Cc1ccc(-c2cc(N(Cc3ccc(SC(C)(C)C(=O)O)cc3)Cc3ccco3)ncn2)cc1. The summed E-state index contributed by atoms with van der Waals surface area (Å²) in [5, 5.41) is 9.39. The molecule has 174 valence electrons. The number of hydrogen-bond donors (Lipinski definition) is 1. The van der Waals surface area contributed by atoms with Gasteiger partial charge in [-0.05, 0) is 50.6 Å². The van der Waals surface area contributed by atoms with E-state index in [0.717, 1.165) is 33.3 Å². The van der Waals surface area contributed by atoms with Crippen LogP contribution in [0.2, 0.25) is 0 Å². The summed E-state index contributed by atoms with van der Waals surface area (Å²) >= 11 is 1.33. The van der Waals surface area contributed by atoms with E-state index in [1.165, 1.54) is 17.3 Å². The highest BCUT2D eigenvalue weighted by molar-refractivity contribution is 8.01. The maximum atomic E-state index is 11.4. The average molecular weight is 474 g/mol. The van der Waals surface area contributed by atoms with Gasteiger partial charge in [0.15, 0.2) is 0 Å². The smallest absolute Gasteiger partial charge is 0.319 e. The molecule has 2 aromatic carbocycles. The molecule has 34 heavy (non-hydrogen) atoms. The van der Waals surface area contributed by atoms with E-state index in [9.17, 15) is 9.90 Å². The molecule has 2 aromatic heterocycles. The van der Waals surface area contributed by atoms with Gasteiger partial charge in [-0.2, -0.15) is 0 Å². The number of aryl methyl sites for hydroxylation is 1. The molecule has 0 amide bonds. The number of aromatic nitrogens is 2. The van der Waals surface area contributed by atoms with E-state index >= 15 is 0 Å². The van der Waals surface area contributed by atoms with E-state index in [1.54, 1.807) is 26.4 Å². The van der Waals surface area contributed by atoms with Crippen molar-refractivity contribution in [2.45, 2.75) is 43.5 Å². The van der Waals surface area contributed by atoms with E-state index in [4.69, 9.17) is 4.42 Å². The van der Waals surface area contributed by atoms with Gasteiger partial charge in [-0.1, -0.05) is 42.0 Å². The van der Waals surface area contributed by atoms with Crippen LogP contribution in [0.1, 0.15) is 30.7 Å². The summed E-state index contributed by atoms with van der Waals surface area (Å²) in [5.74, 6) is 0.803. The lowest BCUT2D eigenvalue weighted by atomic mass is 10.1. The molecule has 2 heterocycles. The molecule has 0 atom stereocenters.